The van der Waals surface area contributed by atoms with Gasteiger partial charge in [-0.3, -0.25) is 9.78 Å². The number of nitrogens with zero attached hydrogens (tertiary/aromatic N) is 4. The van der Waals surface area contributed by atoms with Gasteiger partial charge in [0, 0.05) is 54.8 Å². The van der Waals surface area contributed by atoms with Gasteiger partial charge in [-0.25, -0.2) is 0 Å². The van der Waals surface area contributed by atoms with Crippen molar-refractivity contribution in [3.8, 4) is 5.69 Å². The number of amides is 1. The summed E-state index contributed by atoms with van der Waals surface area (Å²) in [6, 6.07) is 22.0. The summed E-state index contributed by atoms with van der Waals surface area (Å²) < 4.78 is 7.22. The molecule has 43 heavy (non-hydrogen) atoms. The van der Waals surface area contributed by atoms with Gasteiger partial charge in [-0.2, -0.15) is 0 Å². The van der Waals surface area contributed by atoms with Crippen molar-refractivity contribution in [3.05, 3.63) is 101 Å². The molecule has 1 saturated heterocycles. The summed E-state index contributed by atoms with van der Waals surface area (Å²) in [6.45, 7) is 10.5. The molecule has 5 rings (SSSR count). The number of halogens is 1. The third-order valence-electron chi connectivity index (χ3n) is 7.90. The Hall–Kier alpha value is -3.92. The maximum Gasteiger partial charge on any atom is 0.250 e. The second kappa shape index (κ2) is 13.2. The Kier molecular flexibility index (Phi) is 9.34. The van der Waals surface area contributed by atoms with E-state index in [0.717, 1.165) is 47.1 Å². The Morgan fingerprint density at radius 3 is 2.42 bits per heavy atom. The lowest BCUT2D eigenvalue weighted by Crippen LogP contribution is -2.29. The molecule has 0 spiro atoms. The van der Waals surface area contributed by atoms with Crippen molar-refractivity contribution in [2.24, 2.45) is 0 Å². The number of ether oxygens (including phenoxy) is 1. The molecule has 3 heterocycles. The number of hydrogen-bond acceptors (Lipinski definition) is 5. The van der Waals surface area contributed by atoms with E-state index >= 15 is 0 Å². The molecule has 1 aliphatic rings. The van der Waals surface area contributed by atoms with E-state index in [0.29, 0.717) is 15.8 Å². The molecular formula is C33H37ClN6O2S. The van der Waals surface area contributed by atoms with Gasteiger partial charge in [0.05, 0.1) is 28.5 Å². The number of aromatic nitrogens is 2. The van der Waals surface area contributed by atoms with Crippen LogP contribution in [0.5, 0.6) is 0 Å². The summed E-state index contributed by atoms with van der Waals surface area (Å²) in [5.74, 6) is -0.277. The highest BCUT2D eigenvalue weighted by molar-refractivity contribution is 7.80. The molecule has 2 atom stereocenters. The van der Waals surface area contributed by atoms with Gasteiger partial charge in [-0.1, -0.05) is 17.7 Å². The number of carbonyl (C=O) groups excluding carboxylic acids is 1. The molecular weight excluding hydrogens is 580 g/mol. The minimum Gasteiger partial charge on any atom is -0.375 e. The number of aryl methyl sites for hydroxylation is 1. The maximum atomic E-state index is 12.1. The molecule has 10 heteroatoms. The fraction of sp³-hybridized carbons (Fsp3) is 0.303. The zero-order chi connectivity index (χ0) is 30.7. The summed E-state index contributed by atoms with van der Waals surface area (Å²) >= 11 is 12.6. The van der Waals surface area contributed by atoms with Crippen LogP contribution >= 0.6 is 23.8 Å². The molecule has 224 valence electrons. The van der Waals surface area contributed by atoms with Crippen LogP contribution in [0.15, 0.2) is 72.9 Å². The van der Waals surface area contributed by atoms with E-state index in [9.17, 15) is 4.79 Å². The maximum absolute atomic E-state index is 12.1. The zero-order valence-corrected chi connectivity index (χ0v) is 26.7. The van der Waals surface area contributed by atoms with E-state index in [1.54, 1.807) is 12.3 Å². The van der Waals surface area contributed by atoms with Crippen molar-refractivity contribution >= 4 is 51.9 Å². The van der Waals surface area contributed by atoms with E-state index in [-0.39, 0.29) is 24.6 Å². The average molecular weight is 617 g/mol. The normalized spacial score (nSPS) is 16.3. The van der Waals surface area contributed by atoms with Crippen molar-refractivity contribution < 1.29 is 9.53 Å². The van der Waals surface area contributed by atoms with Gasteiger partial charge in [-0.05, 0) is 106 Å². The highest BCUT2D eigenvalue weighted by Gasteiger charge is 2.42. The highest BCUT2D eigenvalue weighted by atomic mass is 35.5. The predicted octanol–water partition coefficient (Wildman–Crippen LogP) is 6.75. The minimum atomic E-state index is -0.277. The minimum absolute atomic E-state index is 0.0557. The van der Waals surface area contributed by atoms with Crippen LogP contribution in [0.4, 0.5) is 17.1 Å². The first-order chi connectivity index (χ1) is 20.8. The van der Waals surface area contributed by atoms with Crippen LogP contribution in [0.3, 0.4) is 0 Å². The molecule has 1 aliphatic heterocycles. The summed E-state index contributed by atoms with van der Waals surface area (Å²) in [5, 5.41) is 7.30. The van der Waals surface area contributed by atoms with E-state index in [2.05, 4.69) is 83.0 Å². The fourth-order valence-corrected chi connectivity index (χ4v) is 6.48. The molecule has 0 saturated carbocycles. The van der Waals surface area contributed by atoms with Crippen LogP contribution in [0.1, 0.15) is 48.6 Å². The van der Waals surface area contributed by atoms with Gasteiger partial charge in [0.1, 0.15) is 6.61 Å². The highest BCUT2D eigenvalue weighted by Crippen LogP contribution is 2.44. The van der Waals surface area contributed by atoms with Crippen molar-refractivity contribution in [2.45, 2.75) is 39.8 Å². The largest absolute Gasteiger partial charge is 0.375 e. The Balaban J connectivity index is 1.57. The van der Waals surface area contributed by atoms with Crippen LogP contribution in [-0.4, -0.2) is 47.4 Å². The molecule has 0 radical (unpaired) electrons. The molecule has 2 aromatic carbocycles. The number of methoxy groups -OCH3 is 1. The SMILES string of the molecule is CCN(CC)c1ccc(-n2c(C)cc(C3C(c4ccccn4)NC(=S)N3c3ccc(NC(=O)COC)c(Cl)c3)c2C)cc1. The molecule has 8 nitrogen and oxygen atoms in total. The lowest BCUT2D eigenvalue weighted by Gasteiger charge is -2.28. The van der Waals surface area contributed by atoms with E-state index in [1.807, 2.05) is 30.3 Å². The molecule has 1 amide bonds. The van der Waals surface area contributed by atoms with Crippen molar-refractivity contribution in [1.29, 1.82) is 0 Å². The second-order valence-electron chi connectivity index (χ2n) is 10.5. The summed E-state index contributed by atoms with van der Waals surface area (Å²) in [6.07, 6.45) is 1.80. The van der Waals surface area contributed by atoms with E-state index in [4.69, 9.17) is 33.5 Å². The molecule has 2 N–H and O–H groups in total. The first-order valence-electron chi connectivity index (χ1n) is 14.4. The van der Waals surface area contributed by atoms with Gasteiger partial charge in [0.2, 0.25) is 5.91 Å². The summed E-state index contributed by atoms with van der Waals surface area (Å²) in [4.78, 5) is 21.2. The first-order valence-corrected chi connectivity index (χ1v) is 15.2. The molecule has 1 fully saturated rings. The first kappa shape index (κ1) is 30.5. The standard InChI is InChI=1S/C33H37ClN6O2S/c1-6-38(7-2)23-11-13-24(14-12-23)39-21(3)18-26(22(39)4)32-31(29-10-8-9-17-35-29)37-33(43)40(32)25-15-16-28(27(34)19-25)36-30(41)20-42-5/h8-19,31-32H,6-7,20H2,1-5H3,(H,36,41)(H,37,43). The smallest absolute Gasteiger partial charge is 0.250 e. The van der Waals surface area contributed by atoms with Gasteiger partial charge in [-0.15, -0.1) is 0 Å². The predicted molar refractivity (Wildman–Crippen MR) is 179 cm³/mol. The van der Waals surface area contributed by atoms with E-state index in [1.165, 1.54) is 12.8 Å². The monoisotopic (exact) mass is 616 g/mol. The van der Waals surface area contributed by atoms with Crippen molar-refractivity contribution in [1.82, 2.24) is 14.9 Å². The van der Waals surface area contributed by atoms with Crippen molar-refractivity contribution in [2.75, 3.05) is 41.9 Å². The molecule has 0 aliphatic carbocycles. The van der Waals surface area contributed by atoms with E-state index < -0.39 is 0 Å². The molecule has 2 aromatic heterocycles. The van der Waals surface area contributed by atoms with Crippen LogP contribution in [0, 0.1) is 13.8 Å². The number of nitrogens with one attached hydrogen (secondary N) is 2. The Morgan fingerprint density at radius 1 is 1.07 bits per heavy atom. The number of hydrogen-bond donors (Lipinski definition) is 2. The lowest BCUT2D eigenvalue weighted by molar-refractivity contribution is -0.119. The number of thiocarbonyl (C=S) groups is 1. The molecule has 4 aromatic rings. The zero-order valence-electron chi connectivity index (χ0n) is 25.1. The lowest BCUT2D eigenvalue weighted by atomic mass is 9.96. The second-order valence-corrected chi connectivity index (χ2v) is 11.3. The number of rotatable bonds is 10. The van der Waals surface area contributed by atoms with Crippen molar-refractivity contribution in [3.63, 3.8) is 0 Å². The Morgan fingerprint density at radius 2 is 1.79 bits per heavy atom. The molecule has 2 unspecified atom stereocenters. The van der Waals surface area contributed by atoms with Gasteiger partial charge in [0.15, 0.2) is 5.11 Å². The third-order valence-corrected chi connectivity index (χ3v) is 8.53. The number of anilines is 3. The van der Waals surface area contributed by atoms with Crippen LogP contribution in [0.2, 0.25) is 5.02 Å². The van der Waals surface area contributed by atoms with Gasteiger partial charge >= 0.3 is 0 Å². The summed E-state index contributed by atoms with van der Waals surface area (Å²) in [7, 11) is 1.47. The number of carbonyl (C=O) groups is 1. The summed E-state index contributed by atoms with van der Waals surface area (Å²) in [5.41, 5.74) is 7.88. The Labute approximate surface area is 263 Å². The topological polar surface area (TPSA) is 74.7 Å². The molecule has 0 bridgehead atoms. The van der Waals surface area contributed by atoms with Gasteiger partial charge in [0.25, 0.3) is 0 Å². The average Bonchev–Trinajstić information content (AvgIpc) is 3.50. The fourth-order valence-electron chi connectivity index (χ4n) is 5.91. The Bertz CT molecular complexity index is 1600. The van der Waals surface area contributed by atoms with Crippen LogP contribution in [-0.2, 0) is 9.53 Å². The third kappa shape index (κ3) is 6.11. The van der Waals surface area contributed by atoms with Crippen LogP contribution in [0.25, 0.3) is 5.69 Å². The van der Waals surface area contributed by atoms with Crippen LogP contribution < -0.4 is 20.4 Å². The quantitative estimate of drug-likeness (QED) is 0.191. The van der Waals surface area contributed by atoms with Gasteiger partial charge < -0.3 is 29.7 Å². The number of benzene rings is 2. The number of pyridine rings is 1.